The lowest BCUT2D eigenvalue weighted by Gasteiger charge is -2.18. The van der Waals surface area contributed by atoms with Crippen molar-refractivity contribution in [2.75, 3.05) is 38.2 Å². The largest absolute Gasteiger partial charge is 0.399 e. The van der Waals surface area contributed by atoms with Crippen LogP contribution < -0.4 is 11.1 Å². The molecule has 5 heterocycles. The number of likely N-dealkylation sites (N-methyl/N-ethyl adjacent to an activating group) is 2. The van der Waals surface area contributed by atoms with Crippen molar-refractivity contribution in [2.24, 2.45) is 0 Å². The third kappa shape index (κ3) is 6.27. The molecule has 10 heteroatoms. The molecule has 2 aliphatic heterocycles. The van der Waals surface area contributed by atoms with E-state index in [2.05, 4.69) is 68.7 Å². The molecular formula is C34H42N8O2. The Morgan fingerprint density at radius 2 is 1.52 bits per heavy atom. The molecular weight excluding hydrogens is 552 g/mol. The number of pyridine rings is 1. The topological polar surface area (TPSA) is 132 Å². The van der Waals surface area contributed by atoms with Gasteiger partial charge in [-0.15, -0.1) is 0 Å². The Balaban J connectivity index is 0.000000173. The highest BCUT2D eigenvalue weighted by Gasteiger charge is 2.24. The van der Waals surface area contributed by atoms with Crippen molar-refractivity contribution in [2.45, 2.75) is 57.5 Å². The van der Waals surface area contributed by atoms with Gasteiger partial charge >= 0.3 is 5.69 Å². The summed E-state index contributed by atoms with van der Waals surface area (Å²) in [6.45, 7) is 4.11. The molecule has 2 aliphatic rings. The maximum Gasteiger partial charge on any atom is 0.314 e. The van der Waals surface area contributed by atoms with Gasteiger partial charge in [0.15, 0.2) is 0 Å². The number of H-pyrrole nitrogens is 2. The lowest BCUT2D eigenvalue weighted by Crippen LogP contribution is -2.26. The van der Waals surface area contributed by atoms with E-state index in [1.54, 1.807) is 19.2 Å². The number of aromatic amines is 2. The number of hydrogen-bond donors (Lipinski definition) is 4. The van der Waals surface area contributed by atoms with E-state index in [0.29, 0.717) is 17.6 Å². The molecule has 1 unspecified atom stereocenters. The molecule has 5 aromatic rings. The molecule has 0 amide bonds. The molecule has 7 rings (SSSR count). The Morgan fingerprint density at radius 1 is 0.932 bits per heavy atom. The van der Waals surface area contributed by atoms with Gasteiger partial charge in [-0.2, -0.15) is 0 Å². The van der Waals surface area contributed by atoms with Gasteiger partial charge in [-0.1, -0.05) is 0 Å². The zero-order chi connectivity index (χ0) is 30.8. The van der Waals surface area contributed by atoms with E-state index in [1.807, 2.05) is 24.3 Å². The fourth-order valence-electron chi connectivity index (χ4n) is 6.78. The lowest BCUT2D eigenvalue weighted by molar-refractivity contribution is -0.384. The van der Waals surface area contributed by atoms with Crippen molar-refractivity contribution in [1.29, 1.82) is 0 Å². The molecule has 3 aromatic heterocycles. The van der Waals surface area contributed by atoms with Crippen LogP contribution >= 0.6 is 0 Å². The summed E-state index contributed by atoms with van der Waals surface area (Å²) >= 11 is 0. The van der Waals surface area contributed by atoms with Gasteiger partial charge in [0.2, 0.25) is 5.82 Å². The van der Waals surface area contributed by atoms with Crippen LogP contribution in [0.2, 0.25) is 0 Å². The van der Waals surface area contributed by atoms with Crippen LogP contribution in [0.5, 0.6) is 0 Å². The minimum atomic E-state index is -0.388. The number of rotatable bonds is 7. The maximum absolute atomic E-state index is 11.4. The number of nitrogens with zero attached hydrogens (tertiary/aromatic N) is 4. The van der Waals surface area contributed by atoms with Gasteiger partial charge in [-0.3, -0.25) is 10.1 Å². The first-order valence-corrected chi connectivity index (χ1v) is 15.5. The summed E-state index contributed by atoms with van der Waals surface area (Å²) in [6.07, 6.45) is 13.0. The second-order valence-corrected chi connectivity index (χ2v) is 12.4. The fourth-order valence-corrected chi connectivity index (χ4v) is 6.78. The molecule has 5 N–H and O–H groups in total. The molecule has 44 heavy (non-hydrogen) atoms. The van der Waals surface area contributed by atoms with E-state index in [0.717, 1.165) is 41.7 Å². The van der Waals surface area contributed by atoms with Gasteiger partial charge in [-0.05, 0) is 126 Å². The molecule has 0 aliphatic carbocycles. The summed E-state index contributed by atoms with van der Waals surface area (Å²) in [4.78, 5) is 26.7. The number of nitro groups is 1. The van der Waals surface area contributed by atoms with E-state index in [4.69, 9.17) is 5.73 Å². The molecule has 0 radical (unpaired) electrons. The van der Waals surface area contributed by atoms with Gasteiger partial charge in [0.1, 0.15) is 0 Å². The third-order valence-corrected chi connectivity index (χ3v) is 9.38. The summed E-state index contributed by atoms with van der Waals surface area (Å²) in [6, 6.07) is 15.0. The molecule has 2 fully saturated rings. The van der Waals surface area contributed by atoms with E-state index in [-0.39, 0.29) is 16.4 Å². The average molecular weight is 595 g/mol. The van der Waals surface area contributed by atoms with Crippen molar-refractivity contribution in [3.05, 3.63) is 87.9 Å². The van der Waals surface area contributed by atoms with Gasteiger partial charge in [0.25, 0.3) is 0 Å². The lowest BCUT2D eigenvalue weighted by atomic mass is 10.0. The Morgan fingerprint density at radius 3 is 2.09 bits per heavy atom. The van der Waals surface area contributed by atoms with E-state index >= 15 is 0 Å². The highest BCUT2D eigenvalue weighted by Crippen LogP contribution is 2.32. The van der Waals surface area contributed by atoms with Crippen LogP contribution in [0.1, 0.15) is 42.4 Å². The van der Waals surface area contributed by atoms with E-state index < -0.39 is 0 Å². The first kappa shape index (κ1) is 29.7. The number of anilines is 3. The van der Waals surface area contributed by atoms with Crippen LogP contribution in [0.3, 0.4) is 0 Å². The molecule has 2 atom stereocenters. The van der Waals surface area contributed by atoms with Crippen LogP contribution in [0.25, 0.3) is 21.8 Å². The van der Waals surface area contributed by atoms with E-state index in [9.17, 15) is 10.1 Å². The number of nitrogens with two attached hydrogens (primary N) is 1. The first-order valence-electron chi connectivity index (χ1n) is 15.5. The molecule has 0 spiro atoms. The van der Waals surface area contributed by atoms with Gasteiger partial charge in [0, 0.05) is 69.4 Å². The molecule has 10 nitrogen and oxygen atoms in total. The van der Waals surface area contributed by atoms with E-state index in [1.165, 1.54) is 54.3 Å². The number of benzene rings is 2. The summed E-state index contributed by atoms with van der Waals surface area (Å²) in [5.41, 5.74) is 13.0. The summed E-state index contributed by atoms with van der Waals surface area (Å²) in [5, 5.41) is 17.0. The van der Waals surface area contributed by atoms with Crippen molar-refractivity contribution in [3.8, 4) is 0 Å². The quantitative estimate of drug-likeness (QED) is 0.0955. The highest BCUT2D eigenvalue weighted by atomic mass is 16.6. The summed E-state index contributed by atoms with van der Waals surface area (Å²) < 4.78 is 0. The summed E-state index contributed by atoms with van der Waals surface area (Å²) in [5.74, 6) is 0.270. The van der Waals surface area contributed by atoms with Crippen LogP contribution in [0.15, 0.2) is 61.1 Å². The summed E-state index contributed by atoms with van der Waals surface area (Å²) in [7, 11) is 4.41. The Bertz CT molecular complexity index is 1780. The number of nitrogens with one attached hydrogen (secondary N) is 3. The zero-order valence-electron chi connectivity index (χ0n) is 25.8. The number of nitrogen functional groups attached to an aromatic ring is 1. The Hall–Kier alpha value is -4.41. The SMILES string of the molecule is CN1CCC[C@@H]1Cc1c[nH]c2ccc(N)cc12.Cc1ccnc(Nc2ccc3[nH]cc(CC4CCCN4C)c3c2)c1[N+](=O)[O-]. The fraction of sp³-hybridized carbons (Fsp3) is 0.382. The Kier molecular flexibility index (Phi) is 8.54. The minimum Gasteiger partial charge on any atom is -0.399 e. The standard InChI is InChI=1S/C20H23N5O2.C14H19N3/c1-13-7-8-21-20(19(13)25(26)27)23-15-5-6-18-17(11-15)14(12-22-18)10-16-4-3-9-24(16)2;1-17-6-2-3-12(17)7-10-9-16-14-5-4-11(15)8-13(10)14/h5-8,11-12,16,22H,3-4,9-10H2,1-2H3,(H,21,23);4-5,8-9,12,16H,2-3,6-7,15H2,1H3/t;12-/m.1/s1. The van der Waals surface area contributed by atoms with Crippen LogP contribution in [0.4, 0.5) is 22.9 Å². The number of aromatic nitrogens is 3. The molecule has 2 saturated heterocycles. The molecule has 230 valence electrons. The number of hydrogen-bond acceptors (Lipinski definition) is 7. The van der Waals surface area contributed by atoms with Crippen molar-refractivity contribution in [3.63, 3.8) is 0 Å². The first-order chi connectivity index (χ1) is 21.3. The monoisotopic (exact) mass is 594 g/mol. The number of fused-ring (bicyclic) bond motifs is 2. The molecule has 0 bridgehead atoms. The second-order valence-electron chi connectivity index (χ2n) is 12.4. The Labute approximate surface area is 257 Å². The van der Waals surface area contributed by atoms with Crippen LogP contribution in [-0.4, -0.2) is 68.9 Å². The van der Waals surface area contributed by atoms with Gasteiger partial charge < -0.3 is 30.8 Å². The second kappa shape index (κ2) is 12.7. The molecule has 0 saturated carbocycles. The normalized spacial score (nSPS) is 19.0. The predicted molar refractivity (Wildman–Crippen MR) is 179 cm³/mol. The van der Waals surface area contributed by atoms with Crippen LogP contribution in [-0.2, 0) is 12.8 Å². The van der Waals surface area contributed by atoms with Crippen molar-refractivity contribution < 1.29 is 4.92 Å². The van der Waals surface area contributed by atoms with Crippen molar-refractivity contribution in [1.82, 2.24) is 24.8 Å². The van der Waals surface area contributed by atoms with Gasteiger partial charge in [0.05, 0.1) is 4.92 Å². The average Bonchev–Trinajstić information content (AvgIpc) is 3.79. The minimum absolute atomic E-state index is 0.0134. The highest BCUT2D eigenvalue weighted by molar-refractivity contribution is 5.88. The van der Waals surface area contributed by atoms with Crippen molar-refractivity contribution >= 4 is 44.7 Å². The third-order valence-electron chi connectivity index (χ3n) is 9.38. The predicted octanol–water partition coefficient (Wildman–Crippen LogP) is 6.55. The van der Waals surface area contributed by atoms with Gasteiger partial charge in [-0.25, -0.2) is 4.98 Å². The zero-order valence-corrected chi connectivity index (χ0v) is 25.8. The maximum atomic E-state index is 11.4. The van der Waals surface area contributed by atoms with Crippen LogP contribution in [0, 0.1) is 17.0 Å². The number of likely N-dealkylation sites (tertiary alicyclic amines) is 2. The number of aryl methyl sites for hydroxylation is 1. The molecule has 2 aromatic carbocycles. The smallest absolute Gasteiger partial charge is 0.314 e.